The van der Waals surface area contributed by atoms with E-state index < -0.39 is 0 Å². The maximum absolute atomic E-state index is 12.4. The Kier molecular flexibility index (Phi) is 5.97. The molecular formula is C22H22N4OS2. The van der Waals surface area contributed by atoms with Crippen molar-refractivity contribution >= 4 is 34.7 Å². The van der Waals surface area contributed by atoms with Gasteiger partial charge < -0.3 is 9.72 Å². The molecule has 0 aliphatic carbocycles. The minimum atomic E-state index is -0.0409. The van der Waals surface area contributed by atoms with Crippen molar-refractivity contribution in [3.63, 3.8) is 0 Å². The minimum absolute atomic E-state index is 0.0409. The number of hydrogen-bond donors (Lipinski definition) is 1. The molecule has 0 aliphatic heterocycles. The second-order valence-corrected chi connectivity index (χ2v) is 9.10. The molecule has 29 heavy (non-hydrogen) atoms. The first kappa shape index (κ1) is 19.7. The number of nitrogens with one attached hydrogen (secondary N) is 1. The Hall–Kier alpha value is -2.64. The molecule has 3 aromatic heterocycles. The number of nitrogens with zero attached hydrogens (tertiary/aromatic N) is 3. The third-order valence-corrected chi connectivity index (χ3v) is 6.73. The summed E-state index contributed by atoms with van der Waals surface area (Å²) in [4.78, 5) is 23.8. The molecule has 0 unspecified atom stereocenters. The fraction of sp³-hybridized carbons (Fsp3) is 0.227. The standard InChI is InChI=1S/C22H22N4OS2/c1-15-20(29-16(2)24-15)10-11-23-22(27)17-6-8-19(9-7-17)28-14-18-13-26-12-4-3-5-21(26)25-18/h3-9,12-13H,10-11,14H2,1-2H3,(H,23,27). The number of thiazole rings is 1. The van der Waals surface area contributed by atoms with Crippen molar-refractivity contribution in [2.75, 3.05) is 6.54 Å². The smallest absolute Gasteiger partial charge is 0.251 e. The predicted molar refractivity (Wildman–Crippen MR) is 119 cm³/mol. The van der Waals surface area contributed by atoms with Gasteiger partial charge in [0.15, 0.2) is 0 Å². The molecule has 0 saturated carbocycles. The summed E-state index contributed by atoms with van der Waals surface area (Å²) in [6.45, 7) is 4.64. The molecule has 4 aromatic rings. The van der Waals surface area contributed by atoms with Crippen molar-refractivity contribution in [1.82, 2.24) is 19.7 Å². The summed E-state index contributed by atoms with van der Waals surface area (Å²) < 4.78 is 2.03. The lowest BCUT2D eigenvalue weighted by Crippen LogP contribution is -2.25. The highest BCUT2D eigenvalue weighted by Gasteiger charge is 2.08. The van der Waals surface area contributed by atoms with Gasteiger partial charge in [0.2, 0.25) is 0 Å². The lowest BCUT2D eigenvalue weighted by atomic mass is 10.2. The highest BCUT2D eigenvalue weighted by Crippen LogP contribution is 2.23. The lowest BCUT2D eigenvalue weighted by molar-refractivity contribution is 0.0954. The zero-order valence-corrected chi connectivity index (χ0v) is 18.0. The van der Waals surface area contributed by atoms with Crippen LogP contribution in [0.25, 0.3) is 5.65 Å². The fourth-order valence-electron chi connectivity index (χ4n) is 3.11. The van der Waals surface area contributed by atoms with Crippen LogP contribution in [-0.4, -0.2) is 26.8 Å². The average molecular weight is 423 g/mol. The van der Waals surface area contributed by atoms with Crippen LogP contribution in [-0.2, 0) is 12.2 Å². The van der Waals surface area contributed by atoms with Crippen LogP contribution >= 0.6 is 23.1 Å². The van der Waals surface area contributed by atoms with E-state index in [0.29, 0.717) is 12.1 Å². The van der Waals surface area contributed by atoms with Gasteiger partial charge in [0.1, 0.15) is 5.65 Å². The Morgan fingerprint density at radius 1 is 1.14 bits per heavy atom. The molecule has 1 amide bonds. The monoisotopic (exact) mass is 422 g/mol. The number of hydrogen-bond acceptors (Lipinski definition) is 5. The molecule has 3 heterocycles. The van der Waals surface area contributed by atoms with Crippen LogP contribution in [0.3, 0.4) is 0 Å². The number of fused-ring (bicyclic) bond motifs is 1. The van der Waals surface area contributed by atoms with Crippen LogP contribution in [0.15, 0.2) is 59.8 Å². The number of thioether (sulfide) groups is 1. The summed E-state index contributed by atoms with van der Waals surface area (Å²) in [6, 6.07) is 13.7. The number of aromatic nitrogens is 3. The zero-order valence-electron chi connectivity index (χ0n) is 16.4. The van der Waals surface area contributed by atoms with E-state index in [-0.39, 0.29) is 5.91 Å². The van der Waals surface area contributed by atoms with Crippen molar-refractivity contribution in [3.8, 4) is 0 Å². The zero-order chi connectivity index (χ0) is 20.2. The second kappa shape index (κ2) is 8.80. The fourth-order valence-corrected chi connectivity index (χ4v) is 4.83. The summed E-state index contributed by atoms with van der Waals surface area (Å²) in [5.41, 5.74) is 3.74. The van der Waals surface area contributed by atoms with Crippen LogP contribution < -0.4 is 5.32 Å². The molecule has 148 valence electrons. The second-order valence-electron chi connectivity index (χ2n) is 6.76. The molecule has 7 heteroatoms. The van der Waals surface area contributed by atoms with Crippen LogP contribution in [0.4, 0.5) is 0 Å². The van der Waals surface area contributed by atoms with E-state index >= 15 is 0 Å². The Morgan fingerprint density at radius 3 is 2.69 bits per heavy atom. The third-order valence-electron chi connectivity index (χ3n) is 4.55. The molecule has 5 nitrogen and oxygen atoms in total. The quantitative estimate of drug-likeness (QED) is 0.440. The average Bonchev–Trinajstić information content (AvgIpc) is 3.28. The third kappa shape index (κ3) is 4.86. The van der Waals surface area contributed by atoms with E-state index in [1.54, 1.807) is 23.1 Å². The van der Waals surface area contributed by atoms with E-state index in [1.165, 1.54) is 4.88 Å². The van der Waals surface area contributed by atoms with Gasteiger partial charge in [0, 0.05) is 46.4 Å². The number of imidazole rings is 1. The minimum Gasteiger partial charge on any atom is -0.352 e. The van der Waals surface area contributed by atoms with Crippen LogP contribution in [0, 0.1) is 13.8 Å². The van der Waals surface area contributed by atoms with Gasteiger partial charge in [0.25, 0.3) is 5.91 Å². The van der Waals surface area contributed by atoms with Gasteiger partial charge in [-0.3, -0.25) is 4.79 Å². The molecule has 0 saturated heterocycles. The highest BCUT2D eigenvalue weighted by atomic mass is 32.2. The summed E-state index contributed by atoms with van der Waals surface area (Å²) in [6.07, 6.45) is 4.87. The number of pyridine rings is 1. The Bertz CT molecular complexity index is 1100. The molecule has 0 fully saturated rings. The first-order chi connectivity index (χ1) is 14.1. The molecular weight excluding hydrogens is 400 g/mol. The van der Waals surface area contributed by atoms with E-state index in [4.69, 9.17) is 0 Å². The molecule has 0 aliphatic rings. The van der Waals surface area contributed by atoms with Crippen LogP contribution in [0.1, 0.15) is 31.6 Å². The van der Waals surface area contributed by atoms with Gasteiger partial charge in [0.05, 0.1) is 16.4 Å². The summed E-state index contributed by atoms with van der Waals surface area (Å²) >= 11 is 3.41. The number of rotatable bonds is 7. The van der Waals surface area contributed by atoms with Crippen LogP contribution in [0.2, 0.25) is 0 Å². The predicted octanol–water partition coefficient (Wildman–Crippen LogP) is 4.67. The van der Waals surface area contributed by atoms with Crippen molar-refractivity contribution in [1.29, 1.82) is 0 Å². The number of amides is 1. The number of carbonyl (C=O) groups is 1. The summed E-state index contributed by atoms with van der Waals surface area (Å²) in [7, 11) is 0. The van der Waals surface area contributed by atoms with Crippen molar-refractivity contribution in [2.24, 2.45) is 0 Å². The van der Waals surface area contributed by atoms with Gasteiger partial charge >= 0.3 is 0 Å². The first-order valence-corrected chi connectivity index (χ1v) is 11.3. The Morgan fingerprint density at radius 2 is 1.97 bits per heavy atom. The number of aryl methyl sites for hydroxylation is 2. The maximum atomic E-state index is 12.4. The van der Waals surface area contributed by atoms with Crippen LogP contribution in [0.5, 0.6) is 0 Å². The molecule has 0 atom stereocenters. The Labute approximate surface area is 178 Å². The van der Waals surface area contributed by atoms with Gasteiger partial charge in [-0.1, -0.05) is 6.07 Å². The molecule has 4 rings (SSSR count). The summed E-state index contributed by atoms with van der Waals surface area (Å²) in [5.74, 6) is 0.752. The molecule has 1 N–H and O–H groups in total. The molecule has 0 bridgehead atoms. The topological polar surface area (TPSA) is 59.3 Å². The maximum Gasteiger partial charge on any atom is 0.251 e. The number of carbonyl (C=O) groups excluding carboxylic acids is 1. The lowest BCUT2D eigenvalue weighted by Gasteiger charge is -2.06. The largest absolute Gasteiger partial charge is 0.352 e. The Balaban J connectivity index is 1.28. The molecule has 0 spiro atoms. The van der Waals surface area contributed by atoms with E-state index in [1.807, 2.05) is 66.9 Å². The van der Waals surface area contributed by atoms with E-state index in [2.05, 4.69) is 21.5 Å². The molecule has 0 radical (unpaired) electrons. The first-order valence-electron chi connectivity index (χ1n) is 9.45. The SMILES string of the molecule is Cc1nc(C)c(CCNC(=O)c2ccc(SCc3cn4ccccc4n3)cc2)s1. The van der Waals surface area contributed by atoms with Gasteiger partial charge in [-0.25, -0.2) is 9.97 Å². The van der Waals surface area contributed by atoms with Crippen molar-refractivity contribution in [2.45, 2.75) is 30.9 Å². The highest BCUT2D eigenvalue weighted by molar-refractivity contribution is 7.98. The summed E-state index contributed by atoms with van der Waals surface area (Å²) in [5, 5.41) is 4.07. The molecule has 1 aromatic carbocycles. The number of benzene rings is 1. The van der Waals surface area contributed by atoms with E-state index in [0.717, 1.165) is 39.1 Å². The normalized spacial score (nSPS) is 11.1. The van der Waals surface area contributed by atoms with Crippen molar-refractivity contribution < 1.29 is 4.79 Å². The van der Waals surface area contributed by atoms with Gasteiger partial charge in [-0.15, -0.1) is 23.1 Å². The van der Waals surface area contributed by atoms with E-state index in [9.17, 15) is 4.79 Å². The van der Waals surface area contributed by atoms with Gasteiger partial charge in [-0.05, 0) is 50.2 Å². The van der Waals surface area contributed by atoms with Crippen molar-refractivity contribution in [3.05, 3.63) is 81.7 Å². The van der Waals surface area contributed by atoms with Gasteiger partial charge in [-0.2, -0.15) is 0 Å².